The van der Waals surface area contributed by atoms with Crippen LogP contribution in [0.1, 0.15) is 0 Å². The van der Waals surface area contributed by atoms with Crippen molar-refractivity contribution in [3.63, 3.8) is 0 Å². The number of nitrogens with zero attached hydrogens (tertiary/aromatic N) is 5. The molecule has 10 nitrogen and oxygen atoms in total. The quantitative estimate of drug-likeness (QED) is 0.151. The van der Waals surface area contributed by atoms with Gasteiger partial charge in [0.05, 0.1) is 6.33 Å². The Morgan fingerprint density at radius 3 is 2.57 bits per heavy atom. The monoisotopic (exact) mass is 530 g/mol. The first-order valence-electron chi connectivity index (χ1n) is 6.04. The van der Waals surface area contributed by atoms with Gasteiger partial charge in [-0.05, 0) is 0 Å². The van der Waals surface area contributed by atoms with Gasteiger partial charge in [-0.3, -0.25) is 4.98 Å². The Bertz CT molecular complexity index is 1060. The van der Waals surface area contributed by atoms with Crippen molar-refractivity contribution in [2.45, 2.75) is 0 Å². The van der Waals surface area contributed by atoms with Crippen LogP contribution in [0.4, 0.5) is 23.4 Å². The number of aromatic nitrogens is 6. The molecule has 0 fully saturated rings. The SMILES string of the molecule is Nc1nc2[nH]cnc2c(=[SH+])[nH]1.Nc1nc2c(c(=[SH+])[nH]1)[N+](=[Pt])C=N2. The third-order valence-corrected chi connectivity index (χ3v) is 4.12. The van der Waals surface area contributed by atoms with Crippen molar-refractivity contribution in [1.29, 1.82) is 0 Å². The third kappa shape index (κ3) is 3.14. The molecule has 0 unspecified atom stereocenters. The van der Waals surface area contributed by atoms with Crippen molar-refractivity contribution < 1.29 is 22.7 Å². The molecule has 0 bridgehead atoms. The summed E-state index contributed by atoms with van der Waals surface area (Å²) in [5.41, 5.74) is 13.1. The van der Waals surface area contributed by atoms with E-state index in [-0.39, 0.29) is 0 Å². The van der Waals surface area contributed by atoms with Crippen molar-refractivity contribution in [3.8, 4) is 0 Å². The molecule has 0 saturated carbocycles. The van der Waals surface area contributed by atoms with Crippen LogP contribution in [0.25, 0.3) is 11.2 Å². The molecule has 120 valence electrons. The van der Waals surface area contributed by atoms with Crippen LogP contribution in [0.15, 0.2) is 11.3 Å². The number of anilines is 2. The zero-order valence-corrected chi connectivity index (χ0v) is 15.3. The van der Waals surface area contributed by atoms with E-state index in [1.807, 2.05) is 0 Å². The van der Waals surface area contributed by atoms with Gasteiger partial charge in [0.25, 0.3) is 0 Å². The molecule has 0 aromatic carbocycles. The maximum atomic E-state index is 5.47. The van der Waals surface area contributed by atoms with E-state index in [4.69, 9.17) is 11.5 Å². The maximum absolute atomic E-state index is 5.47. The van der Waals surface area contributed by atoms with Crippen molar-refractivity contribution in [1.82, 2.24) is 29.9 Å². The van der Waals surface area contributed by atoms with E-state index in [1.54, 1.807) is 15.7 Å². The number of nitrogen functional groups attached to an aromatic ring is 2. The zero-order valence-electron chi connectivity index (χ0n) is 11.3. The average Bonchev–Trinajstić information content (AvgIpc) is 3.06. The topological polar surface area (TPSA) is 153 Å². The summed E-state index contributed by atoms with van der Waals surface area (Å²) in [4.78, 5) is 24.3. The van der Waals surface area contributed by atoms with Gasteiger partial charge in [-0.2, -0.15) is 4.98 Å². The Morgan fingerprint density at radius 1 is 1.09 bits per heavy atom. The summed E-state index contributed by atoms with van der Waals surface area (Å²) in [7, 11) is 0. The second-order valence-electron chi connectivity index (χ2n) is 4.24. The average molecular weight is 530 g/mol. The fourth-order valence-electron chi connectivity index (χ4n) is 1.79. The molecule has 23 heavy (non-hydrogen) atoms. The third-order valence-electron chi connectivity index (χ3n) is 2.71. The van der Waals surface area contributed by atoms with Crippen molar-refractivity contribution >= 4 is 65.3 Å². The molecular weight excluding hydrogens is 519 g/mol. The van der Waals surface area contributed by atoms with E-state index in [1.165, 1.54) is 0 Å². The summed E-state index contributed by atoms with van der Waals surface area (Å²) in [5, 5.41) is 0. The number of hydrogen-bond acceptors (Lipinski definition) is 6. The van der Waals surface area contributed by atoms with Gasteiger partial charge in [-0.25, -0.2) is 4.98 Å². The Balaban J connectivity index is 0.000000136. The van der Waals surface area contributed by atoms with Crippen LogP contribution in [-0.2, 0) is 44.1 Å². The summed E-state index contributed by atoms with van der Waals surface area (Å²) < 4.78 is 3.10. The van der Waals surface area contributed by atoms with Crippen molar-refractivity contribution in [2.75, 3.05) is 11.5 Å². The van der Waals surface area contributed by atoms with E-state index in [0.717, 1.165) is 5.69 Å². The van der Waals surface area contributed by atoms with Gasteiger partial charge in [0.1, 0.15) is 0 Å². The predicted octanol–water partition coefficient (Wildman–Crippen LogP) is -0.470. The zero-order chi connectivity index (χ0) is 16.6. The molecule has 0 atom stereocenters. The molecule has 0 amide bonds. The van der Waals surface area contributed by atoms with Crippen LogP contribution < -0.4 is 11.5 Å². The Kier molecular flexibility index (Phi) is 4.20. The van der Waals surface area contributed by atoms with Gasteiger partial charge in [0, 0.05) is 0 Å². The number of H-pyrrole nitrogens is 3. The first kappa shape index (κ1) is 15.7. The van der Waals surface area contributed by atoms with E-state index in [0.29, 0.717) is 38.2 Å². The Hall–Kier alpha value is -2.17. The molecule has 1 aliphatic heterocycles. The van der Waals surface area contributed by atoms with Gasteiger partial charge in [0.2, 0.25) is 5.95 Å². The van der Waals surface area contributed by atoms with Crippen LogP contribution in [0.5, 0.6) is 0 Å². The Morgan fingerprint density at radius 2 is 1.78 bits per heavy atom. The minimum absolute atomic E-state index is 0.322. The van der Waals surface area contributed by atoms with Crippen LogP contribution >= 0.6 is 0 Å². The van der Waals surface area contributed by atoms with E-state index < -0.39 is 0 Å². The second-order valence-corrected chi connectivity index (χ2v) is 6.23. The molecule has 4 heterocycles. The van der Waals surface area contributed by atoms with E-state index >= 15 is 0 Å². The number of nitrogens with two attached hydrogens (primary N) is 2. The minimum atomic E-state index is 0.322. The molecule has 0 spiro atoms. The first-order chi connectivity index (χ1) is 11.0. The molecule has 0 saturated heterocycles. The summed E-state index contributed by atoms with van der Waals surface area (Å²) in [6, 6.07) is 0. The number of fused-ring (bicyclic) bond motifs is 2. The second kappa shape index (κ2) is 6.14. The molecule has 3 aromatic heterocycles. The molecular formula is C10H11N10PtS2+3. The fraction of sp³-hybridized carbons (Fsp3) is 0. The van der Waals surface area contributed by atoms with Crippen LogP contribution in [0.3, 0.4) is 0 Å². The molecule has 1 aliphatic rings. The van der Waals surface area contributed by atoms with Crippen LogP contribution in [0.2, 0.25) is 0 Å². The van der Waals surface area contributed by atoms with Crippen LogP contribution in [0, 0.1) is 9.28 Å². The number of rotatable bonds is 0. The molecule has 13 heteroatoms. The Labute approximate surface area is 149 Å². The first-order valence-corrected chi connectivity index (χ1v) is 7.96. The molecule has 4 rings (SSSR count). The number of aromatic amines is 3. The number of hydrogen-bond donors (Lipinski definition) is 5. The van der Waals surface area contributed by atoms with Gasteiger partial charge in [-0.1, -0.05) is 0 Å². The van der Waals surface area contributed by atoms with Gasteiger partial charge in [-0.15, -0.1) is 0 Å². The van der Waals surface area contributed by atoms with Gasteiger partial charge in [0.15, 0.2) is 23.4 Å². The summed E-state index contributed by atoms with van der Waals surface area (Å²) >= 11 is 10.4. The molecule has 0 radical (unpaired) electrons. The predicted molar refractivity (Wildman–Crippen MR) is 87.7 cm³/mol. The van der Waals surface area contributed by atoms with Crippen LogP contribution in [-0.4, -0.2) is 39.3 Å². The van der Waals surface area contributed by atoms with Crippen molar-refractivity contribution in [3.05, 3.63) is 15.6 Å². The van der Waals surface area contributed by atoms with E-state index in [2.05, 4.69) is 79.0 Å². The molecule has 3 aromatic rings. The number of nitrogens with one attached hydrogen (secondary N) is 3. The van der Waals surface area contributed by atoms with Crippen molar-refractivity contribution in [2.24, 2.45) is 4.99 Å². The number of thiol groups is 2. The molecule has 0 aliphatic carbocycles. The summed E-state index contributed by atoms with van der Waals surface area (Å²) in [5.74, 6) is 1.25. The number of aliphatic imine (C=N–C) groups is 1. The number of imidazole rings is 1. The summed E-state index contributed by atoms with van der Waals surface area (Å²) in [6.07, 6.45) is 3.21. The standard InChI is InChI=1S/2C5H5N5S.Pt/c2*6-5-9-3-2(4(11)10-5)7-1-8-3;/h2*1H,(H4,6,7,8,9,10,11);/q;;+2/p+1. The summed E-state index contributed by atoms with van der Waals surface area (Å²) in [6.45, 7) is 0. The van der Waals surface area contributed by atoms with Gasteiger partial charge >= 0.3 is 88.7 Å². The molecule has 7 N–H and O–H groups in total. The van der Waals surface area contributed by atoms with E-state index in [9.17, 15) is 0 Å². The normalized spacial score (nSPS) is 12.2. The van der Waals surface area contributed by atoms with Gasteiger partial charge < -0.3 is 10.7 Å². The fourth-order valence-corrected chi connectivity index (χ4v) is 3.20.